The van der Waals surface area contributed by atoms with Crippen LogP contribution in [0, 0.1) is 0 Å². The number of hydrogen-bond donors (Lipinski definition) is 0. The second-order valence-electron chi connectivity index (χ2n) is 3.50. The van der Waals surface area contributed by atoms with Gasteiger partial charge in [0.15, 0.2) is 0 Å². The molecule has 0 spiro atoms. The molecule has 2 aromatic rings. The summed E-state index contributed by atoms with van der Waals surface area (Å²) in [6.45, 7) is 0.596. The van der Waals surface area contributed by atoms with Gasteiger partial charge in [0.25, 0.3) is 0 Å². The lowest BCUT2D eigenvalue weighted by atomic mass is 10.1. The highest BCUT2D eigenvalue weighted by atomic mass is 16.2. The third-order valence-electron chi connectivity index (χ3n) is 2.36. The summed E-state index contributed by atoms with van der Waals surface area (Å²) in [5, 5.41) is 10.4. The van der Waals surface area contributed by atoms with Crippen LogP contribution in [0.15, 0.2) is 49.1 Å². The van der Waals surface area contributed by atoms with Gasteiger partial charge in [-0.3, -0.25) is 0 Å². The van der Waals surface area contributed by atoms with Crippen molar-refractivity contribution in [3.05, 3.63) is 60.2 Å². The van der Waals surface area contributed by atoms with Gasteiger partial charge in [-0.15, -0.1) is 0 Å². The first-order valence-corrected chi connectivity index (χ1v) is 5.18. The molecular formula is C13H13N2O. The molecule has 3 nitrogen and oxygen atoms in total. The normalized spacial score (nSPS) is 11.1. The van der Waals surface area contributed by atoms with Gasteiger partial charge in [-0.25, -0.2) is 10.1 Å². The summed E-state index contributed by atoms with van der Waals surface area (Å²) in [4.78, 5) is 4.01. The second-order valence-corrected chi connectivity index (χ2v) is 3.50. The fraction of sp³-hybridized carbons (Fsp3) is 0.154. The van der Waals surface area contributed by atoms with E-state index in [1.165, 1.54) is 5.56 Å². The van der Waals surface area contributed by atoms with Crippen molar-refractivity contribution in [2.24, 2.45) is 0 Å². The number of nitrogens with zero attached hydrogens (tertiary/aromatic N) is 2. The van der Waals surface area contributed by atoms with Crippen LogP contribution in [0.25, 0.3) is 6.08 Å². The zero-order valence-electron chi connectivity index (χ0n) is 8.91. The fourth-order valence-corrected chi connectivity index (χ4v) is 1.59. The maximum atomic E-state index is 10.4. The molecule has 1 aromatic carbocycles. The topological polar surface area (TPSA) is 37.7 Å². The molecule has 0 aliphatic carbocycles. The lowest BCUT2D eigenvalue weighted by Crippen LogP contribution is -1.98. The van der Waals surface area contributed by atoms with Crippen molar-refractivity contribution in [1.29, 1.82) is 0 Å². The van der Waals surface area contributed by atoms with E-state index in [-0.39, 0.29) is 6.61 Å². The molecule has 0 N–H and O–H groups in total. The van der Waals surface area contributed by atoms with E-state index in [1.54, 1.807) is 18.6 Å². The molecule has 0 saturated carbocycles. The summed E-state index contributed by atoms with van der Waals surface area (Å²) in [5.74, 6) is 0. The Morgan fingerprint density at radius 2 is 2.19 bits per heavy atom. The summed E-state index contributed by atoms with van der Waals surface area (Å²) in [7, 11) is 0. The lowest BCUT2D eigenvalue weighted by molar-refractivity contribution is 0.233. The van der Waals surface area contributed by atoms with Crippen LogP contribution >= 0.6 is 0 Å². The van der Waals surface area contributed by atoms with Crippen LogP contribution in [-0.4, -0.2) is 16.2 Å². The molecule has 0 amide bonds. The molecular weight excluding hydrogens is 200 g/mol. The van der Waals surface area contributed by atoms with E-state index in [9.17, 15) is 5.11 Å². The van der Waals surface area contributed by atoms with Crippen molar-refractivity contribution in [2.45, 2.75) is 6.54 Å². The van der Waals surface area contributed by atoms with Crippen molar-refractivity contribution >= 4 is 6.08 Å². The summed E-state index contributed by atoms with van der Waals surface area (Å²) in [6, 6.07) is 8.05. The highest BCUT2D eigenvalue weighted by Crippen LogP contribution is 2.12. The van der Waals surface area contributed by atoms with E-state index in [0.29, 0.717) is 0 Å². The zero-order valence-corrected chi connectivity index (χ0v) is 8.91. The first-order valence-electron chi connectivity index (χ1n) is 5.18. The third kappa shape index (κ3) is 2.58. The van der Waals surface area contributed by atoms with Gasteiger partial charge in [-0.1, -0.05) is 36.4 Å². The van der Waals surface area contributed by atoms with Crippen molar-refractivity contribution in [1.82, 2.24) is 9.55 Å². The third-order valence-corrected chi connectivity index (χ3v) is 2.36. The SMILES string of the molecule is [O]CC=Cc1ccccc1Cn1ccnc1. The molecule has 81 valence electrons. The summed E-state index contributed by atoms with van der Waals surface area (Å²) in [6.07, 6.45) is 8.98. The number of benzene rings is 1. The minimum atomic E-state index is -0.181. The average Bonchev–Trinajstić information content (AvgIpc) is 2.81. The van der Waals surface area contributed by atoms with Crippen LogP contribution < -0.4 is 0 Å². The first kappa shape index (κ1) is 10.6. The van der Waals surface area contributed by atoms with Crippen LogP contribution in [0.5, 0.6) is 0 Å². The lowest BCUT2D eigenvalue weighted by Gasteiger charge is -2.06. The molecule has 2 rings (SSSR count). The number of rotatable bonds is 4. The zero-order chi connectivity index (χ0) is 11.2. The number of hydrogen-bond acceptors (Lipinski definition) is 1. The Bertz CT molecular complexity index is 461. The van der Waals surface area contributed by atoms with Crippen molar-refractivity contribution in [2.75, 3.05) is 6.61 Å². The molecule has 3 heteroatoms. The molecule has 0 saturated heterocycles. The summed E-state index contributed by atoms with van der Waals surface area (Å²) < 4.78 is 2.00. The first-order chi connectivity index (χ1) is 7.90. The Hall–Kier alpha value is -1.87. The molecule has 1 aromatic heterocycles. The van der Waals surface area contributed by atoms with Crippen LogP contribution in [0.2, 0.25) is 0 Å². The Labute approximate surface area is 94.7 Å². The van der Waals surface area contributed by atoms with Crippen molar-refractivity contribution < 1.29 is 5.11 Å². The van der Waals surface area contributed by atoms with E-state index < -0.39 is 0 Å². The second kappa shape index (κ2) is 5.28. The summed E-state index contributed by atoms with van der Waals surface area (Å²) in [5.41, 5.74) is 2.28. The highest BCUT2D eigenvalue weighted by molar-refractivity contribution is 5.53. The van der Waals surface area contributed by atoms with Gasteiger partial charge in [-0.05, 0) is 11.1 Å². The smallest absolute Gasteiger partial charge is 0.101 e. The number of imidazole rings is 1. The quantitative estimate of drug-likeness (QED) is 0.768. The minimum absolute atomic E-state index is 0.181. The van der Waals surface area contributed by atoms with Crippen LogP contribution in [0.1, 0.15) is 11.1 Å². The Morgan fingerprint density at radius 1 is 1.31 bits per heavy atom. The predicted molar refractivity (Wildman–Crippen MR) is 62.4 cm³/mol. The molecule has 0 unspecified atom stereocenters. The summed E-state index contributed by atoms with van der Waals surface area (Å²) >= 11 is 0. The van der Waals surface area contributed by atoms with Gasteiger partial charge in [-0.2, -0.15) is 0 Å². The van der Waals surface area contributed by atoms with Crippen LogP contribution in [-0.2, 0) is 11.7 Å². The Balaban J connectivity index is 2.22. The molecule has 0 bridgehead atoms. The van der Waals surface area contributed by atoms with Gasteiger partial charge in [0, 0.05) is 18.9 Å². The highest BCUT2D eigenvalue weighted by Gasteiger charge is 1.99. The molecule has 0 aliphatic rings. The Kier molecular flexibility index (Phi) is 3.51. The van der Waals surface area contributed by atoms with Crippen molar-refractivity contribution in [3.8, 4) is 0 Å². The van der Waals surface area contributed by atoms with Crippen LogP contribution in [0.4, 0.5) is 0 Å². The molecule has 0 aliphatic heterocycles. The standard InChI is InChI=1S/C13H13N2O/c16-9-3-6-12-4-1-2-5-13(12)10-15-8-7-14-11-15/h1-8,11H,9-10H2. The molecule has 16 heavy (non-hydrogen) atoms. The van der Waals surface area contributed by atoms with E-state index in [2.05, 4.69) is 11.1 Å². The van der Waals surface area contributed by atoms with E-state index in [4.69, 9.17) is 0 Å². The Morgan fingerprint density at radius 3 is 2.94 bits per heavy atom. The fourth-order valence-electron chi connectivity index (χ4n) is 1.59. The van der Waals surface area contributed by atoms with Crippen molar-refractivity contribution in [3.63, 3.8) is 0 Å². The maximum absolute atomic E-state index is 10.4. The monoisotopic (exact) mass is 213 g/mol. The average molecular weight is 213 g/mol. The predicted octanol–water partition coefficient (Wildman–Crippen LogP) is 2.38. The van der Waals surface area contributed by atoms with Gasteiger partial charge in [0.2, 0.25) is 0 Å². The van der Waals surface area contributed by atoms with Gasteiger partial charge in [0.1, 0.15) is 6.61 Å². The van der Waals surface area contributed by atoms with Crippen LogP contribution in [0.3, 0.4) is 0 Å². The van der Waals surface area contributed by atoms with Gasteiger partial charge < -0.3 is 4.57 Å². The van der Waals surface area contributed by atoms with E-state index in [1.807, 2.05) is 35.0 Å². The van der Waals surface area contributed by atoms with Gasteiger partial charge in [0.05, 0.1) is 6.33 Å². The van der Waals surface area contributed by atoms with Gasteiger partial charge >= 0.3 is 0 Å². The minimum Gasteiger partial charge on any atom is -0.333 e. The molecule has 0 atom stereocenters. The molecule has 1 radical (unpaired) electrons. The molecule has 0 fully saturated rings. The number of aromatic nitrogens is 2. The maximum Gasteiger partial charge on any atom is 0.101 e. The van der Waals surface area contributed by atoms with E-state index >= 15 is 0 Å². The van der Waals surface area contributed by atoms with E-state index in [0.717, 1.165) is 12.1 Å². The largest absolute Gasteiger partial charge is 0.333 e. The molecule has 1 heterocycles.